The summed E-state index contributed by atoms with van der Waals surface area (Å²) in [6.07, 6.45) is -1.14. The Bertz CT molecular complexity index is 1170. The molecule has 0 radical (unpaired) electrons. The minimum atomic E-state index is -5.00. The number of carbonyl (C=O) groups is 1. The van der Waals surface area contributed by atoms with Crippen LogP contribution in [0, 0.1) is 0 Å². The maximum Gasteiger partial charge on any atom is 0.416 e. The molecular formula is C24H20F6N2O3. The van der Waals surface area contributed by atoms with E-state index in [0.29, 0.717) is 29.2 Å². The van der Waals surface area contributed by atoms with Crippen molar-refractivity contribution in [3.05, 3.63) is 93.6 Å². The first kappa shape index (κ1) is 24.6. The van der Waals surface area contributed by atoms with Gasteiger partial charge in [0.2, 0.25) is 5.88 Å². The van der Waals surface area contributed by atoms with E-state index in [1.807, 2.05) is 25.2 Å². The molecule has 0 atom stereocenters. The number of hydroxylamine groups is 2. The van der Waals surface area contributed by atoms with Crippen LogP contribution in [0.3, 0.4) is 0 Å². The summed E-state index contributed by atoms with van der Waals surface area (Å²) < 4.78 is 85.3. The van der Waals surface area contributed by atoms with E-state index >= 15 is 0 Å². The van der Waals surface area contributed by atoms with Gasteiger partial charge >= 0.3 is 12.4 Å². The van der Waals surface area contributed by atoms with Gasteiger partial charge in [0.05, 0.1) is 17.7 Å². The Morgan fingerprint density at radius 1 is 1.06 bits per heavy atom. The third kappa shape index (κ3) is 5.00. The summed E-state index contributed by atoms with van der Waals surface area (Å²) in [5.41, 5.74) is -1.17. The van der Waals surface area contributed by atoms with Gasteiger partial charge in [-0.15, -0.1) is 0 Å². The topological polar surface area (TPSA) is 53.0 Å². The van der Waals surface area contributed by atoms with E-state index in [2.05, 4.69) is 0 Å². The van der Waals surface area contributed by atoms with Gasteiger partial charge in [-0.1, -0.05) is 18.2 Å². The Labute approximate surface area is 196 Å². The number of hydrogen-bond donors (Lipinski definition) is 1. The summed E-state index contributed by atoms with van der Waals surface area (Å²) in [4.78, 5) is 14.7. The highest BCUT2D eigenvalue weighted by Gasteiger charge is 2.38. The first-order valence-electron chi connectivity index (χ1n) is 10.5. The van der Waals surface area contributed by atoms with Gasteiger partial charge < -0.3 is 9.64 Å². The Balaban J connectivity index is 1.75. The minimum Gasteiger partial charge on any atom is -0.475 e. The normalized spacial score (nSPS) is 21.1. The third-order valence-corrected chi connectivity index (χ3v) is 5.80. The lowest BCUT2D eigenvalue weighted by atomic mass is 9.89. The number of amides is 1. The molecule has 3 aliphatic rings. The van der Waals surface area contributed by atoms with Crippen molar-refractivity contribution >= 4 is 5.91 Å². The van der Waals surface area contributed by atoms with Gasteiger partial charge in [0.15, 0.2) is 0 Å². The molecule has 1 N–H and O–H groups in total. The van der Waals surface area contributed by atoms with E-state index in [0.717, 1.165) is 16.0 Å². The van der Waals surface area contributed by atoms with Crippen LogP contribution < -0.4 is 0 Å². The maximum atomic E-state index is 13.6. The Morgan fingerprint density at radius 2 is 1.71 bits per heavy atom. The van der Waals surface area contributed by atoms with Crippen molar-refractivity contribution in [3.63, 3.8) is 0 Å². The molecule has 4 rings (SSSR count). The van der Waals surface area contributed by atoms with Crippen LogP contribution in [0.5, 0.6) is 0 Å². The number of carbonyl (C=O) groups excluding carboxylic acids is 1. The zero-order chi connectivity index (χ0) is 25.5. The predicted octanol–water partition coefficient (Wildman–Crippen LogP) is 5.72. The average molecular weight is 498 g/mol. The van der Waals surface area contributed by atoms with Crippen molar-refractivity contribution in [3.8, 4) is 0 Å². The highest BCUT2D eigenvalue weighted by molar-refractivity contribution is 6.00. The van der Waals surface area contributed by atoms with Crippen molar-refractivity contribution in [1.82, 2.24) is 9.96 Å². The van der Waals surface area contributed by atoms with Crippen LogP contribution in [0.4, 0.5) is 26.3 Å². The summed E-state index contributed by atoms with van der Waals surface area (Å²) in [6.45, 7) is 1.08. The van der Waals surface area contributed by atoms with Crippen LogP contribution in [-0.4, -0.2) is 34.2 Å². The van der Waals surface area contributed by atoms with E-state index in [-0.39, 0.29) is 36.2 Å². The number of benzene rings is 1. The number of halogens is 6. The Kier molecular flexibility index (Phi) is 6.31. The number of allylic oxidation sites excluding steroid dienone is 6. The van der Waals surface area contributed by atoms with E-state index in [9.17, 15) is 36.3 Å². The largest absolute Gasteiger partial charge is 0.475 e. The first-order chi connectivity index (χ1) is 16.4. The smallest absolute Gasteiger partial charge is 0.416 e. The number of nitrogens with zero attached hydrogens (tertiary/aromatic N) is 2. The highest BCUT2D eigenvalue weighted by Crippen LogP contribution is 2.38. The molecule has 1 aliphatic carbocycles. The van der Waals surface area contributed by atoms with Gasteiger partial charge in [-0.25, -0.2) is 0 Å². The van der Waals surface area contributed by atoms with Gasteiger partial charge in [0, 0.05) is 12.7 Å². The quantitative estimate of drug-likeness (QED) is 0.531. The van der Waals surface area contributed by atoms with Crippen molar-refractivity contribution in [2.24, 2.45) is 0 Å². The van der Waals surface area contributed by atoms with Gasteiger partial charge in [-0.2, -0.15) is 31.4 Å². The van der Waals surface area contributed by atoms with E-state index in [1.165, 1.54) is 12.3 Å². The second-order valence-corrected chi connectivity index (χ2v) is 8.20. The molecule has 2 heterocycles. The summed E-state index contributed by atoms with van der Waals surface area (Å²) in [5, 5.41) is 10.9. The molecule has 0 unspecified atom stereocenters. The summed E-state index contributed by atoms with van der Waals surface area (Å²) in [6, 6.07) is 1.24. The minimum absolute atomic E-state index is 0.0198. The average Bonchev–Trinajstić information content (AvgIpc) is 2.93. The van der Waals surface area contributed by atoms with Crippen LogP contribution in [0.25, 0.3) is 0 Å². The van der Waals surface area contributed by atoms with E-state index in [4.69, 9.17) is 4.74 Å². The fourth-order valence-electron chi connectivity index (χ4n) is 4.10. The van der Waals surface area contributed by atoms with Gasteiger partial charge in [-0.05, 0) is 59.9 Å². The Morgan fingerprint density at radius 3 is 2.31 bits per heavy atom. The van der Waals surface area contributed by atoms with Crippen molar-refractivity contribution in [1.29, 1.82) is 0 Å². The SMILES string of the molecule is CC1=CC=CCC1=C1C=CN(O)C2=C1C(=O)N(Cc1cc(C(F)(F)F)cc(C(F)(F)F)c1)CCO2. The predicted molar refractivity (Wildman–Crippen MR) is 112 cm³/mol. The lowest BCUT2D eigenvalue weighted by Gasteiger charge is -2.27. The van der Waals surface area contributed by atoms with Gasteiger partial charge in [0.25, 0.3) is 5.91 Å². The summed E-state index contributed by atoms with van der Waals surface area (Å²) in [5.74, 6) is -0.832. The molecule has 1 amide bonds. The van der Waals surface area contributed by atoms with Crippen LogP contribution >= 0.6 is 0 Å². The van der Waals surface area contributed by atoms with Gasteiger partial charge in [0.1, 0.15) is 12.2 Å². The van der Waals surface area contributed by atoms with Crippen LogP contribution in [-0.2, 0) is 28.4 Å². The van der Waals surface area contributed by atoms with Crippen molar-refractivity contribution in [2.45, 2.75) is 32.2 Å². The second kappa shape index (κ2) is 8.95. The molecule has 35 heavy (non-hydrogen) atoms. The molecular weight excluding hydrogens is 478 g/mol. The third-order valence-electron chi connectivity index (χ3n) is 5.80. The zero-order valence-corrected chi connectivity index (χ0v) is 18.4. The molecule has 1 aromatic rings. The molecule has 0 spiro atoms. The van der Waals surface area contributed by atoms with Crippen molar-refractivity contribution in [2.75, 3.05) is 13.2 Å². The molecule has 1 aromatic carbocycles. The van der Waals surface area contributed by atoms with Crippen molar-refractivity contribution < 1.29 is 41.1 Å². The second-order valence-electron chi connectivity index (χ2n) is 8.20. The number of hydrogen-bond acceptors (Lipinski definition) is 4. The van der Waals surface area contributed by atoms with Gasteiger partial charge in [-0.3, -0.25) is 10.0 Å². The molecule has 11 heteroatoms. The van der Waals surface area contributed by atoms with Crippen LogP contribution in [0.2, 0.25) is 0 Å². The first-order valence-corrected chi connectivity index (χ1v) is 10.5. The lowest BCUT2D eigenvalue weighted by Crippen LogP contribution is -2.34. The molecule has 0 saturated heterocycles. The summed E-state index contributed by atoms with van der Waals surface area (Å²) >= 11 is 0. The molecule has 0 fully saturated rings. The zero-order valence-electron chi connectivity index (χ0n) is 18.4. The summed E-state index contributed by atoms with van der Waals surface area (Å²) in [7, 11) is 0. The van der Waals surface area contributed by atoms with Crippen LogP contribution in [0.15, 0.2) is 76.9 Å². The fraction of sp³-hybridized carbons (Fsp3) is 0.292. The Hall–Kier alpha value is -3.47. The molecule has 5 nitrogen and oxygen atoms in total. The fourth-order valence-corrected chi connectivity index (χ4v) is 4.10. The highest BCUT2D eigenvalue weighted by atomic mass is 19.4. The molecule has 186 valence electrons. The molecule has 2 aliphatic heterocycles. The lowest BCUT2D eigenvalue weighted by molar-refractivity contribution is -0.143. The standard InChI is InChI=1S/C24H20F6N2O3/c1-14-4-2-3-5-18(14)19-6-7-32(34)22-20(19)21(33)31(8-9-35-22)13-15-10-16(23(25,26)27)12-17(11-15)24(28,29)30/h2-4,6-7,10-12,34H,5,8-9,13H2,1H3. The number of ether oxygens (including phenoxy) is 1. The molecule has 0 saturated carbocycles. The monoisotopic (exact) mass is 498 g/mol. The number of rotatable bonds is 2. The maximum absolute atomic E-state index is 13.6. The van der Waals surface area contributed by atoms with Crippen LogP contribution in [0.1, 0.15) is 30.0 Å². The number of alkyl halides is 6. The molecule has 0 bridgehead atoms. The van der Waals surface area contributed by atoms with E-state index < -0.39 is 35.9 Å². The van der Waals surface area contributed by atoms with E-state index in [1.54, 1.807) is 0 Å². The molecule has 0 aromatic heterocycles.